The van der Waals surface area contributed by atoms with E-state index in [0.29, 0.717) is 31.0 Å². The maximum absolute atomic E-state index is 13.1. The van der Waals surface area contributed by atoms with E-state index >= 15 is 0 Å². The molecule has 0 fully saturated rings. The molecule has 5 heteroatoms. The van der Waals surface area contributed by atoms with Gasteiger partial charge in [0.1, 0.15) is 11.5 Å². The van der Waals surface area contributed by atoms with E-state index in [2.05, 4.69) is 0 Å². The summed E-state index contributed by atoms with van der Waals surface area (Å²) in [6.45, 7) is 3.37. The summed E-state index contributed by atoms with van der Waals surface area (Å²) in [4.78, 5) is 14.9. The van der Waals surface area contributed by atoms with E-state index in [1.165, 1.54) is 0 Å². The molecule has 134 valence electrons. The molecule has 0 aliphatic rings. The maximum atomic E-state index is 13.1. The van der Waals surface area contributed by atoms with Crippen LogP contribution in [0.15, 0.2) is 42.5 Å². The second-order valence-corrected chi connectivity index (χ2v) is 5.72. The number of hydrogen-bond acceptors (Lipinski definition) is 4. The second kappa shape index (κ2) is 9.08. The highest BCUT2D eigenvalue weighted by atomic mass is 16.5. The molecular formula is C20H25NO4. The Morgan fingerprint density at radius 3 is 2.32 bits per heavy atom. The van der Waals surface area contributed by atoms with Gasteiger partial charge in [0.05, 0.1) is 26.4 Å². The van der Waals surface area contributed by atoms with Crippen molar-refractivity contribution in [3.8, 4) is 11.5 Å². The van der Waals surface area contributed by atoms with E-state index in [1.54, 1.807) is 26.2 Å². The van der Waals surface area contributed by atoms with Crippen molar-refractivity contribution < 1.29 is 19.0 Å². The van der Waals surface area contributed by atoms with Gasteiger partial charge in [-0.1, -0.05) is 24.3 Å². The Balaban J connectivity index is 2.28. The van der Waals surface area contributed by atoms with E-state index in [1.807, 2.05) is 49.4 Å². The summed E-state index contributed by atoms with van der Waals surface area (Å²) in [5.74, 6) is 1.31. The average Bonchev–Trinajstić information content (AvgIpc) is 2.64. The molecule has 5 nitrogen and oxygen atoms in total. The normalized spacial score (nSPS) is 10.4. The van der Waals surface area contributed by atoms with Gasteiger partial charge < -0.3 is 19.1 Å². The lowest BCUT2D eigenvalue weighted by Gasteiger charge is -2.24. The number of methoxy groups -OCH3 is 3. The van der Waals surface area contributed by atoms with Crippen LogP contribution >= 0.6 is 0 Å². The number of benzene rings is 2. The molecule has 0 aromatic heterocycles. The Bertz CT molecular complexity index is 697. The monoisotopic (exact) mass is 343 g/mol. The zero-order chi connectivity index (χ0) is 18.2. The molecular weight excluding hydrogens is 318 g/mol. The standard InChI is InChI=1S/C20H25NO4/c1-15-6-5-7-18(25-4)19(15)20(22)21(12-13-23-2)14-16-8-10-17(24-3)11-9-16/h5-11H,12-14H2,1-4H3. The molecule has 0 atom stereocenters. The molecule has 1 amide bonds. The fourth-order valence-corrected chi connectivity index (χ4v) is 2.65. The quantitative estimate of drug-likeness (QED) is 0.738. The maximum Gasteiger partial charge on any atom is 0.258 e. The molecule has 0 spiro atoms. The lowest BCUT2D eigenvalue weighted by atomic mass is 10.1. The minimum atomic E-state index is -0.0668. The zero-order valence-corrected chi connectivity index (χ0v) is 15.2. The number of carbonyl (C=O) groups excluding carboxylic acids is 1. The minimum Gasteiger partial charge on any atom is -0.497 e. The average molecular weight is 343 g/mol. The van der Waals surface area contributed by atoms with Crippen molar-refractivity contribution in [1.82, 2.24) is 4.90 Å². The molecule has 0 aliphatic carbocycles. The van der Waals surface area contributed by atoms with Crippen molar-refractivity contribution in [3.63, 3.8) is 0 Å². The topological polar surface area (TPSA) is 48.0 Å². The van der Waals surface area contributed by atoms with E-state index in [4.69, 9.17) is 14.2 Å². The minimum absolute atomic E-state index is 0.0668. The Hall–Kier alpha value is -2.53. The molecule has 0 unspecified atom stereocenters. The predicted molar refractivity (Wildman–Crippen MR) is 97.3 cm³/mol. The van der Waals surface area contributed by atoms with Crippen LogP contribution < -0.4 is 9.47 Å². The molecule has 0 bridgehead atoms. The largest absolute Gasteiger partial charge is 0.497 e. The summed E-state index contributed by atoms with van der Waals surface area (Å²) < 4.78 is 15.7. The molecule has 0 N–H and O–H groups in total. The van der Waals surface area contributed by atoms with Gasteiger partial charge in [0.15, 0.2) is 0 Å². The Morgan fingerprint density at radius 1 is 1.00 bits per heavy atom. The molecule has 0 saturated heterocycles. The van der Waals surface area contributed by atoms with Gasteiger partial charge in [-0.05, 0) is 36.2 Å². The summed E-state index contributed by atoms with van der Waals surface area (Å²) >= 11 is 0. The van der Waals surface area contributed by atoms with Crippen molar-refractivity contribution in [2.45, 2.75) is 13.5 Å². The first-order chi connectivity index (χ1) is 12.1. The van der Waals surface area contributed by atoms with E-state index in [0.717, 1.165) is 16.9 Å². The van der Waals surface area contributed by atoms with Crippen LogP contribution in [0.2, 0.25) is 0 Å². The van der Waals surface area contributed by atoms with Gasteiger partial charge in [-0.15, -0.1) is 0 Å². The van der Waals surface area contributed by atoms with E-state index in [9.17, 15) is 4.79 Å². The Labute approximate surface area is 149 Å². The summed E-state index contributed by atoms with van der Waals surface area (Å²) in [5, 5.41) is 0. The molecule has 0 saturated carbocycles. The van der Waals surface area contributed by atoms with Gasteiger partial charge in [-0.2, -0.15) is 0 Å². The number of rotatable bonds is 8. The third-order valence-electron chi connectivity index (χ3n) is 4.05. The van der Waals surface area contributed by atoms with Crippen LogP contribution in [0.4, 0.5) is 0 Å². The predicted octanol–water partition coefficient (Wildman–Crippen LogP) is 3.30. The number of nitrogens with zero attached hydrogens (tertiary/aromatic N) is 1. The van der Waals surface area contributed by atoms with Crippen LogP contribution in [-0.2, 0) is 11.3 Å². The van der Waals surface area contributed by atoms with Gasteiger partial charge in [-0.25, -0.2) is 0 Å². The third-order valence-corrected chi connectivity index (χ3v) is 4.05. The molecule has 0 heterocycles. The third kappa shape index (κ3) is 4.73. The first-order valence-corrected chi connectivity index (χ1v) is 8.15. The van der Waals surface area contributed by atoms with Crippen LogP contribution in [0.1, 0.15) is 21.5 Å². The summed E-state index contributed by atoms with van der Waals surface area (Å²) in [7, 11) is 4.84. The fourth-order valence-electron chi connectivity index (χ4n) is 2.65. The molecule has 25 heavy (non-hydrogen) atoms. The second-order valence-electron chi connectivity index (χ2n) is 5.72. The van der Waals surface area contributed by atoms with Crippen molar-refractivity contribution in [1.29, 1.82) is 0 Å². The first-order valence-electron chi connectivity index (χ1n) is 8.15. The highest BCUT2D eigenvalue weighted by Gasteiger charge is 2.21. The fraction of sp³-hybridized carbons (Fsp3) is 0.350. The van der Waals surface area contributed by atoms with Gasteiger partial charge in [0.2, 0.25) is 0 Å². The number of amides is 1. The molecule has 2 aromatic carbocycles. The summed E-state index contributed by atoms with van der Waals surface area (Å²) in [6, 6.07) is 13.3. The van der Waals surface area contributed by atoms with Crippen LogP contribution in [0.3, 0.4) is 0 Å². The number of aryl methyl sites for hydroxylation is 1. The van der Waals surface area contributed by atoms with Crippen molar-refractivity contribution in [3.05, 3.63) is 59.2 Å². The number of ether oxygens (including phenoxy) is 3. The lowest BCUT2D eigenvalue weighted by Crippen LogP contribution is -2.34. The van der Waals surface area contributed by atoms with Crippen LogP contribution in [-0.4, -0.2) is 45.3 Å². The Morgan fingerprint density at radius 2 is 1.72 bits per heavy atom. The van der Waals surface area contributed by atoms with Gasteiger partial charge >= 0.3 is 0 Å². The number of carbonyl (C=O) groups is 1. The van der Waals surface area contributed by atoms with Crippen molar-refractivity contribution >= 4 is 5.91 Å². The highest BCUT2D eigenvalue weighted by molar-refractivity contribution is 5.98. The van der Waals surface area contributed by atoms with Crippen LogP contribution in [0, 0.1) is 6.92 Å². The smallest absolute Gasteiger partial charge is 0.258 e. The van der Waals surface area contributed by atoms with Crippen molar-refractivity contribution in [2.24, 2.45) is 0 Å². The molecule has 2 rings (SSSR count). The van der Waals surface area contributed by atoms with E-state index < -0.39 is 0 Å². The first kappa shape index (κ1) is 18.8. The highest BCUT2D eigenvalue weighted by Crippen LogP contribution is 2.24. The van der Waals surface area contributed by atoms with E-state index in [-0.39, 0.29) is 5.91 Å². The van der Waals surface area contributed by atoms with Gasteiger partial charge in [-0.3, -0.25) is 4.79 Å². The molecule has 0 aliphatic heterocycles. The summed E-state index contributed by atoms with van der Waals surface area (Å²) in [6.07, 6.45) is 0. The SMILES string of the molecule is COCCN(Cc1ccc(OC)cc1)C(=O)c1c(C)cccc1OC. The number of hydrogen-bond donors (Lipinski definition) is 0. The van der Waals surface area contributed by atoms with Crippen LogP contribution in [0.25, 0.3) is 0 Å². The van der Waals surface area contributed by atoms with Gasteiger partial charge in [0.25, 0.3) is 5.91 Å². The molecule has 0 radical (unpaired) electrons. The lowest BCUT2D eigenvalue weighted by molar-refractivity contribution is 0.0676. The summed E-state index contributed by atoms with van der Waals surface area (Å²) in [5.41, 5.74) is 2.51. The van der Waals surface area contributed by atoms with Crippen LogP contribution in [0.5, 0.6) is 11.5 Å². The van der Waals surface area contributed by atoms with Gasteiger partial charge in [0, 0.05) is 20.2 Å². The Kier molecular flexibility index (Phi) is 6.83. The zero-order valence-electron chi connectivity index (χ0n) is 15.2. The molecule has 2 aromatic rings. The van der Waals surface area contributed by atoms with Crippen molar-refractivity contribution in [2.75, 3.05) is 34.5 Å².